The zero-order valence-electron chi connectivity index (χ0n) is 11.2. The third kappa shape index (κ3) is 2.80. The van der Waals surface area contributed by atoms with Gasteiger partial charge in [0.15, 0.2) is 0 Å². The molecule has 1 saturated heterocycles. The Balaban J connectivity index is 2.00. The van der Waals surface area contributed by atoms with Gasteiger partial charge in [0, 0.05) is 6.61 Å². The zero-order valence-corrected chi connectivity index (χ0v) is 11.2. The predicted molar refractivity (Wildman–Crippen MR) is 68.4 cm³/mol. The van der Waals surface area contributed by atoms with Crippen LogP contribution in [0.1, 0.15) is 59.3 Å². The van der Waals surface area contributed by atoms with Crippen LogP contribution in [0.4, 0.5) is 0 Å². The molecule has 0 bridgehead atoms. The molecule has 1 heterocycles. The zero-order chi connectivity index (χ0) is 11.5. The molecule has 0 aromatic heterocycles. The van der Waals surface area contributed by atoms with Crippen LogP contribution in [0.3, 0.4) is 0 Å². The van der Waals surface area contributed by atoms with E-state index in [2.05, 4.69) is 20.8 Å². The summed E-state index contributed by atoms with van der Waals surface area (Å²) >= 11 is 0. The van der Waals surface area contributed by atoms with E-state index in [1.165, 1.54) is 38.5 Å². The standard InChI is InChI=1S/C15H28O/c1-11(2)13-8-7-12(3)10-14(13)15-6-4-5-9-16-15/h11-15H,4-10H2,1-3H3/t12-,13+,14-,15?/m1/s1. The second-order valence-corrected chi connectivity index (χ2v) is 6.39. The molecule has 4 atom stereocenters. The van der Waals surface area contributed by atoms with Crippen LogP contribution in [-0.4, -0.2) is 12.7 Å². The van der Waals surface area contributed by atoms with Gasteiger partial charge in [0.05, 0.1) is 6.10 Å². The first-order valence-electron chi connectivity index (χ1n) is 7.30. The molecule has 1 nitrogen and oxygen atoms in total. The Morgan fingerprint density at radius 3 is 2.50 bits per heavy atom. The van der Waals surface area contributed by atoms with Crippen LogP contribution in [0.25, 0.3) is 0 Å². The monoisotopic (exact) mass is 224 g/mol. The minimum atomic E-state index is 0.587. The Kier molecular flexibility index (Phi) is 4.29. The van der Waals surface area contributed by atoms with E-state index >= 15 is 0 Å². The lowest BCUT2D eigenvalue weighted by atomic mass is 9.67. The van der Waals surface area contributed by atoms with E-state index in [0.29, 0.717) is 6.10 Å². The maximum absolute atomic E-state index is 6.05. The topological polar surface area (TPSA) is 9.23 Å². The van der Waals surface area contributed by atoms with Gasteiger partial charge >= 0.3 is 0 Å². The molecule has 94 valence electrons. The van der Waals surface area contributed by atoms with Crippen LogP contribution in [0.5, 0.6) is 0 Å². The molecule has 0 N–H and O–H groups in total. The Bertz CT molecular complexity index is 205. The highest BCUT2D eigenvalue weighted by atomic mass is 16.5. The van der Waals surface area contributed by atoms with Gasteiger partial charge in [0.2, 0.25) is 0 Å². The molecular weight excluding hydrogens is 196 g/mol. The fourth-order valence-electron chi connectivity index (χ4n) is 3.81. The molecule has 2 fully saturated rings. The lowest BCUT2D eigenvalue weighted by Crippen LogP contribution is -2.38. The maximum atomic E-state index is 6.05. The Morgan fingerprint density at radius 1 is 1.06 bits per heavy atom. The third-order valence-electron chi connectivity index (χ3n) is 4.77. The first kappa shape index (κ1) is 12.4. The Morgan fingerprint density at radius 2 is 1.88 bits per heavy atom. The first-order chi connectivity index (χ1) is 7.68. The summed E-state index contributed by atoms with van der Waals surface area (Å²) in [6.45, 7) is 8.24. The lowest BCUT2D eigenvalue weighted by Gasteiger charge is -2.42. The molecule has 2 aliphatic rings. The number of rotatable bonds is 2. The van der Waals surface area contributed by atoms with Gasteiger partial charge in [0.1, 0.15) is 0 Å². The highest BCUT2D eigenvalue weighted by Crippen LogP contribution is 2.42. The summed E-state index contributed by atoms with van der Waals surface area (Å²) in [6.07, 6.45) is 8.86. The summed E-state index contributed by atoms with van der Waals surface area (Å²) in [6, 6.07) is 0. The molecular formula is C15H28O. The third-order valence-corrected chi connectivity index (χ3v) is 4.77. The van der Waals surface area contributed by atoms with E-state index in [4.69, 9.17) is 4.74 Å². The van der Waals surface area contributed by atoms with Crippen LogP contribution >= 0.6 is 0 Å². The van der Waals surface area contributed by atoms with Crippen LogP contribution in [0.2, 0.25) is 0 Å². The van der Waals surface area contributed by atoms with Gasteiger partial charge in [-0.3, -0.25) is 0 Å². The fraction of sp³-hybridized carbons (Fsp3) is 1.00. The van der Waals surface area contributed by atoms with Gasteiger partial charge in [-0.1, -0.05) is 27.2 Å². The van der Waals surface area contributed by atoms with Crippen molar-refractivity contribution < 1.29 is 4.74 Å². The second-order valence-electron chi connectivity index (χ2n) is 6.39. The van der Waals surface area contributed by atoms with Crippen molar-refractivity contribution in [2.45, 2.75) is 65.4 Å². The summed E-state index contributed by atoms with van der Waals surface area (Å²) in [4.78, 5) is 0. The number of hydrogen-bond acceptors (Lipinski definition) is 1. The quantitative estimate of drug-likeness (QED) is 0.681. The SMILES string of the molecule is CC(C)[C@@H]1CC[C@@H](C)C[C@H]1C1CCCCO1. The molecule has 1 aliphatic heterocycles. The van der Waals surface area contributed by atoms with Crippen molar-refractivity contribution >= 4 is 0 Å². The van der Waals surface area contributed by atoms with E-state index in [1.54, 1.807) is 0 Å². The van der Waals surface area contributed by atoms with E-state index in [-0.39, 0.29) is 0 Å². The lowest BCUT2D eigenvalue weighted by molar-refractivity contribution is -0.0624. The smallest absolute Gasteiger partial charge is 0.0606 e. The molecule has 0 amide bonds. The summed E-state index contributed by atoms with van der Waals surface area (Å²) in [5, 5.41) is 0. The fourth-order valence-corrected chi connectivity index (χ4v) is 3.81. The molecule has 2 rings (SSSR count). The van der Waals surface area contributed by atoms with Crippen LogP contribution in [-0.2, 0) is 4.74 Å². The van der Waals surface area contributed by atoms with Crippen LogP contribution in [0.15, 0.2) is 0 Å². The van der Waals surface area contributed by atoms with E-state index < -0.39 is 0 Å². The largest absolute Gasteiger partial charge is 0.378 e. The van der Waals surface area contributed by atoms with Crippen molar-refractivity contribution in [1.82, 2.24) is 0 Å². The van der Waals surface area contributed by atoms with Crippen molar-refractivity contribution in [3.63, 3.8) is 0 Å². The summed E-state index contributed by atoms with van der Waals surface area (Å²) in [5.74, 6) is 3.52. The highest BCUT2D eigenvalue weighted by molar-refractivity contribution is 4.86. The molecule has 0 radical (unpaired) electrons. The van der Waals surface area contributed by atoms with Gasteiger partial charge in [-0.25, -0.2) is 0 Å². The second kappa shape index (κ2) is 5.53. The molecule has 1 unspecified atom stereocenters. The molecule has 0 aromatic carbocycles. The Labute approximate surface area is 101 Å². The van der Waals surface area contributed by atoms with Crippen LogP contribution < -0.4 is 0 Å². The molecule has 1 heteroatoms. The van der Waals surface area contributed by atoms with Crippen molar-refractivity contribution in [3.8, 4) is 0 Å². The predicted octanol–water partition coefficient (Wildman–Crippen LogP) is 4.26. The molecule has 16 heavy (non-hydrogen) atoms. The van der Waals surface area contributed by atoms with E-state index in [9.17, 15) is 0 Å². The Hall–Kier alpha value is -0.0400. The summed E-state index contributed by atoms with van der Waals surface area (Å²) in [7, 11) is 0. The van der Waals surface area contributed by atoms with Gasteiger partial charge in [0.25, 0.3) is 0 Å². The molecule has 1 aliphatic carbocycles. The van der Waals surface area contributed by atoms with Gasteiger partial charge in [-0.2, -0.15) is 0 Å². The van der Waals surface area contributed by atoms with Crippen molar-refractivity contribution in [2.75, 3.05) is 6.61 Å². The minimum absolute atomic E-state index is 0.587. The number of hydrogen-bond donors (Lipinski definition) is 0. The van der Waals surface area contributed by atoms with E-state index in [0.717, 1.165) is 30.3 Å². The average Bonchev–Trinajstić information content (AvgIpc) is 2.29. The van der Waals surface area contributed by atoms with Crippen molar-refractivity contribution in [2.24, 2.45) is 23.7 Å². The molecule has 1 saturated carbocycles. The summed E-state index contributed by atoms with van der Waals surface area (Å²) < 4.78 is 6.05. The van der Waals surface area contributed by atoms with Gasteiger partial charge in [-0.05, 0) is 55.8 Å². The van der Waals surface area contributed by atoms with Gasteiger partial charge < -0.3 is 4.74 Å². The highest BCUT2D eigenvalue weighted by Gasteiger charge is 2.36. The van der Waals surface area contributed by atoms with Crippen molar-refractivity contribution in [1.29, 1.82) is 0 Å². The van der Waals surface area contributed by atoms with Crippen LogP contribution in [0, 0.1) is 23.7 Å². The molecule has 0 spiro atoms. The average molecular weight is 224 g/mol. The molecule has 0 aromatic rings. The normalized spacial score (nSPS) is 41.2. The van der Waals surface area contributed by atoms with E-state index in [1.807, 2.05) is 0 Å². The minimum Gasteiger partial charge on any atom is -0.378 e. The maximum Gasteiger partial charge on any atom is 0.0606 e. The summed E-state index contributed by atoms with van der Waals surface area (Å²) in [5.41, 5.74) is 0. The number of ether oxygens (including phenoxy) is 1. The van der Waals surface area contributed by atoms with Gasteiger partial charge in [-0.15, -0.1) is 0 Å². The van der Waals surface area contributed by atoms with Crippen molar-refractivity contribution in [3.05, 3.63) is 0 Å². The first-order valence-corrected chi connectivity index (χ1v) is 7.30.